The van der Waals surface area contributed by atoms with Crippen molar-refractivity contribution < 1.29 is 27.4 Å². The molecule has 0 saturated heterocycles. The van der Waals surface area contributed by atoms with Gasteiger partial charge in [0.05, 0.1) is 16.3 Å². The normalized spacial score (nSPS) is 13.4. The van der Waals surface area contributed by atoms with E-state index in [0.29, 0.717) is 35.4 Å². The second kappa shape index (κ2) is 7.22. The number of anilines is 1. The number of carbonyl (C=O) groups is 1. The molecule has 1 aromatic carbocycles. The summed E-state index contributed by atoms with van der Waals surface area (Å²) in [7, 11) is 0. The molecule has 1 amide bonds. The number of pyridine rings is 1. The molecular weight excluding hydrogens is 357 g/mol. The van der Waals surface area contributed by atoms with E-state index < -0.39 is 11.7 Å². The van der Waals surface area contributed by atoms with Crippen LogP contribution in [0.15, 0.2) is 41.6 Å². The maximum atomic E-state index is 12.5. The van der Waals surface area contributed by atoms with Gasteiger partial charge in [-0.2, -0.15) is 13.2 Å². The van der Waals surface area contributed by atoms with Crippen LogP contribution < -0.4 is 14.8 Å². The summed E-state index contributed by atoms with van der Waals surface area (Å²) in [6.07, 6.45) is -3.67. The number of fused-ring (bicyclic) bond motifs is 1. The summed E-state index contributed by atoms with van der Waals surface area (Å²) in [5.41, 5.74) is -0.271. The number of rotatable bonds is 4. The highest BCUT2D eigenvalue weighted by Crippen LogP contribution is 2.33. The van der Waals surface area contributed by atoms with Crippen LogP contribution in [0.25, 0.3) is 0 Å². The number of ether oxygens (including phenoxy) is 2. The average molecular weight is 370 g/mol. The van der Waals surface area contributed by atoms with Crippen molar-refractivity contribution in [3.05, 3.63) is 42.1 Å². The fourth-order valence-corrected chi connectivity index (χ4v) is 2.73. The summed E-state index contributed by atoms with van der Waals surface area (Å²) in [6.45, 7) is 0.926. The fraction of sp³-hybridized carbons (Fsp3) is 0.250. The molecule has 2 heterocycles. The van der Waals surface area contributed by atoms with Crippen LogP contribution in [-0.2, 0) is 11.0 Å². The molecule has 0 spiro atoms. The second-order valence-electron chi connectivity index (χ2n) is 5.08. The summed E-state index contributed by atoms with van der Waals surface area (Å²) in [6, 6.07) is 7.23. The number of nitrogens with zero attached hydrogens (tertiary/aromatic N) is 1. The van der Waals surface area contributed by atoms with Gasteiger partial charge in [0.25, 0.3) is 0 Å². The van der Waals surface area contributed by atoms with Crippen LogP contribution in [0, 0.1) is 0 Å². The summed E-state index contributed by atoms with van der Waals surface area (Å²) < 4.78 is 48.2. The van der Waals surface area contributed by atoms with Gasteiger partial charge >= 0.3 is 6.18 Å². The molecule has 1 aliphatic rings. The van der Waals surface area contributed by atoms with E-state index >= 15 is 0 Å². The number of benzene rings is 1. The molecule has 1 aromatic heterocycles. The van der Waals surface area contributed by atoms with E-state index in [0.717, 1.165) is 24.0 Å². The van der Waals surface area contributed by atoms with Gasteiger partial charge in [-0.3, -0.25) is 4.79 Å². The van der Waals surface area contributed by atoms with Gasteiger partial charge in [0.1, 0.15) is 13.2 Å². The van der Waals surface area contributed by atoms with Crippen LogP contribution in [0.1, 0.15) is 5.56 Å². The van der Waals surface area contributed by atoms with Gasteiger partial charge in [-0.15, -0.1) is 0 Å². The van der Waals surface area contributed by atoms with Gasteiger partial charge in [0.2, 0.25) is 5.91 Å². The predicted molar refractivity (Wildman–Crippen MR) is 86.0 cm³/mol. The number of nitrogens with one attached hydrogen (secondary N) is 1. The second-order valence-corrected chi connectivity index (χ2v) is 6.07. The van der Waals surface area contributed by atoms with Gasteiger partial charge in [-0.25, -0.2) is 4.98 Å². The van der Waals surface area contributed by atoms with E-state index in [9.17, 15) is 18.0 Å². The lowest BCUT2D eigenvalue weighted by Crippen LogP contribution is -2.17. The van der Waals surface area contributed by atoms with Crippen LogP contribution in [-0.4, -0.2) is 29.9 Å². The number of carbonyl (C=O) groups excluding carboxylic acids is 1. The van der Waals surface area contributed by atoms with Crippen molar-refractivity contribution in [3.8, 4) is 11.5 Å². The molecule has 1 aliphatic heterocycles. The smallest absolute Gasteiger partial charge is 0.417 e. The maximum Gasteiger partial charge on any atom is 0.417 e. The molecule has 0 fully saturated rings. The lowest BCUT2D eigenvalue weighted by atomic mass is 10.2. The molecule has 0 radical (unpaired) electrons. The third kappa shape index (κ3) is 4.56. The van der Waals surface area contributed by atoms with E-state index in [1.807, 2.05) is 0 Å². The maximum absolute atomic E-state index is 12.5. The van der Waals surface area contributed by atoms with Gasteiger partial charge in [-0.1, -0.05) is 11.8 Å². The first-order valence-corrected chi connectivity index (χ1v) is 8.26. The Morgan fingerprint density at radius 2 is 1.92 bits per heavy atom. The first-order chi connectivity index (χ1) is 11.9. The summed E-state index contributed by atoms with van der Waals surface area (Å²) in [4.78, 5) is 15.7. The van der Waals surface area contributed by atoms with Crippen LogP contribution in [0.5, 0.6) is 11.5 Å². The van der Waals surface area contributed by atoms with E-state index in [1.165, 1.54) is 6.07 Å². The highest BCUT2D eigenvalue weighted by molar-refractivity contribution is 7.99. The van der Waals surface area contributed by atoms with Crippen molar-refractivity contribution in [2.75, 3.05) is 24.3 Å². The van der Waals surface area contributed by atoms with Crippen LogP contribution >= 0.6 is 11.8 Å². The standard InChI is InChI=1S/C16H13F3N2O3S/c17-16(18,19)10-1-4-15(20-8-10)25-9-14(22)21-11-2-3-12-13(7-11)24-6-5-23-12/h1-4,7-8H,5-6,9H2,(H,21,22). The van der Waals surface area contributed by atoms with Gasteiger partial charge < -0.3 is 14.8 Å². The van der Waals surface area contributed by atoms with Crippen LogP contribution in [0.3, 0.4) is 0 Å². The van der Waals surface area contributed by atoms with Crippen molar-refractivity contribution in [2.45, 2.75) is 11.2 Å². The molecule has 0 saturated carbocycles. The number of amides is 1. The Kier molecular flexibility index (Phi) is 5.03. The number of halogens is 3. The molecule has 0 bridgehead atoms. The topological polar surface area (TPSA) is 60.5 Å². The number of alkyl halides is 3. The molecule has 132 valence electrons. The molecule has 25 heavy (non-hydrogen) atoms. The number of aromatic nitrogens is 1. The molecule has 0 unspecified atom stereocenters. The quantitative estimate of drug-likeness (QED) is 0.834. The molecule has 5 nitrogen and oxygen atoms in total. The monoisotopic (exact) mass is 370 g/mol. The minimum Gasteiger partial charge on any atom is -0.486 e. The Morgan fingerprint density at radius 1 is 1.16 bits per heavy atom. The average Bonchev–Trinajstić information content (AvgIpc) is 2.59. The Morgan fingerprint density at radius 3 is 2.60 bits per heavy atom. The van der Waals surface area contributed by atoms with Crippen LogP contribution in [0.4, 0.5) is 18.9 Å². The van der Waals surface area contributed by atoms with Gasteiger partial charge in [0, 0.05) is 18.0 Å². The van der Waals surface area contributed by atoms with E-state index in [1.54, 1.807) is 18.2 Å². The molecule has 2 aromatic rings. The van der Waals surface area contributed by atoms with E-state index in [4.69, 9.17) is 9.47 Å². The summed E-state index contributed by atoms with van der Waals surface area (Å²) >= 11 is 1.05. The molecule has 0 atom stereocenters. The first kappa shape index (κ1) is 17.4. The largest absolute Gasteiger partial charge is 0.486 e. The van der Waals surface area contributed by atoms with Crippen molar-refractivity contribution in [3.63, 3.8) is 0 Å². The molecule has 0 aliphatic carbocycles. The van der Waals surface area contributed by atoms with Gasteiger partial charge in [0.15, 0.2) is 11.5 Å². The highest BCUT2D eigenvalue weighted by Gasteiger charge is 2.30. The summed E-state index contributed by atoms with van der Waals surface area (Å²) in [5.74, 6) is 0.893. The zero-order chi connectivity index (χ0) is 17.9. The zero-order valence-electron chi connectivity index (χ0n) is 12.8. The zero-order valence-corrected chi connectivity index (χ0v) is 13.6. The lowest BCUT2D eigenvalue weighted by molar-refractivity contribution is -0.137. The Hall–Kier alpha value is -2.42. The molecule has 1 N–H and O–H groups in total. The number of hydrogen-bond donors (Lipinski definition) is 1. The minimum atomic E-state index is -4.42. The molecule has 9 heteroatoms. The Labute approximate surface area is 145 Å². The van der Waals surface area contributed by atoms with Gasteiger partial charge in [-0.05, 0) is 24.3 Å². The third-order valence-corrected chi connectivity index (χ3v) is 4.18. The van der Waals surface area contributed by atoms with E-state index in [2.05, 4.69) is 10.3 Å². The van der Waals surface area contributed by atoms with E-state index in [-0.39, 0.29) is 11.7 Å². The van der Waals surface area contributed by atoms with Crippen molar-refractivity contribution in [1.82, 2.24) is 4.98 Å². The summed E-state index contributed by atoms with van der Waals surface area (Å²) in [5, 5.41) is 3.03. The predicted octanol–water partition coefficient (Wildman–Crippen LogP) is 3.60. The Balaban J connectivity index is 1.54. The molecular formula is C16H13F3N2O3S. The number of hydrogen-bond acceptors (Lipinski definition) is 5. The fourth-order valence-electron chi connectivity index (χ4n) is 2.09. The van der Waals surface area contributed by atoms with Crippen molar-refractivity contribution in [1.29, 1.82) is 0 Å². The first-order valence-electron chi connectivity index (χ1n) is 7.27. The molecule has 3 rings (SSSR count). The Bertz CT molecular complexity index is 766. The number of thioether (sulfide) groups is 1. The van der Waals surface area contributed by atoms with Crippen molar-refractivity contribution >= 4 is 23.4 Å². The minimum absolute atomic E-state index is 0.0206. The SMILES string of the molecule is O=C(CSc1ccc(C(F)(F)F)cn1)Nc1ccc2c(c1)OCCO2. The van der Waals surface area contributed by atoms with Crippen molar-refractivity contribution in [2.24, 2.45) is 0 Å². The highest BCUT2D eigenvalue weighted by atomic mass is 32.2. The lowest BCUT2D eigenvalue weighted by Gasteiger charge is -2.19. The third-order valence-electron chi connectivity index (χ3n) is 3.24. The van der Waals surface area contributed by atoms with Crippen LogP contribution in [0.2, 0.25) is 0 Å².